The molecule has 154 valence electrons. The Balaban J connectivity index is 1.51. The van der Waals surface area contributed by atoms with Crippen LogP contribution in [0.1, 0.15) is 16.7 Å². The molecule has 0 unspecified atom stereocenters. The Morgan fingerprint density at radius 2 is 1.62 bits per heavy atom. The van der Waals surface area contributed by atoms with Crippen LogP contribution in [0.15, 0.2) is 90.0 Å². The summed E-state index contributed by atoms with van der Waals surface area (Å²) in [6.07, 6.45) is 3.80. The number of carbonyl (C=O) groups excluding carboxylic acids is 2. The van der Waals surface area contributed by atoms with E-state index in [1.807, 2.05) is 60.8 Å². The first-order valence-electron chi connectivity index (χ1n) is 10.0. The van der Waals surface area contributed by atoms with Crippen LogP contribution in [0.25, 0.3) is 17.0 Å². The monoisotopic (exact) mass is 435 g/mol. The lowest BCUT2D eigenvalue weighted by molar-refractivity contribution is -0.113. The van der Waals surface area contributed by atoms with Gasteiger partial charge in [0.1, 0.15) is 0 Å². The van der Waals surface area contributed by atoms with E-state index in [4.69, 9.17) is 5.26 Å². The number of benzene rings is 3. The number of anilines is 1. The second kappa shape index (κ2) is 8.22. The summed E-state index contributed by atoms with van der Waals surface area (Å²) in [6, 6.07) is 26.6. The summed E-state index contributed by atoms with van der Waals surface area (Å²) < 4.78 is 2.12. The molecule has 0 bridgehead atoms. The molecule has 0 aliphatic carbocycles. The molecule has 5 nitrogen and oxygen atoms in total. The summed E-state index contributed by atoms with van der Waals surface area (Å²) in [4.78, 5) is 27.2. The van der Waals surface area contributed by atoms with Crippen molar-refractivity contribution in [3.8, 4) is 6.07 Å². The zero-order valence-electron chi connectivity index (χ0n) is 16.9. The lowest BCUT2D eigenvalue weighted by Crippen LogP contribution is -2.27. The lowest BCUT2D eigenvalue weighted by Gasteiger charge is -2.11. The molecule has 2 amide bonds. The van der Waals surface area contributed by atoms with E-state index in [-0.39, 0.29) is 11.1 Å². The van der Waals surface area contributed by atoms with Gasteiger partial charge < -0.3 is 4.57 Å². The number of para-hydroxylation sites is 2. The van der Waals surface area contributed by atoms with Gasteiger partial charge in [0.25, 0.3) is 11.1 Å². The van der Waals surface area contributed by atoms with Crippen LogP contribution in [-0.4, -0.2) is 15.7 Å². The number of nitrogens with zero attached hydrogens (tertiary/aromatic N) is 3. The van der Waals surface area contributed by atoms with Gasteiger partial charge in [-0.1, -0.05) is 48.5 Å². The Labute approximate surface area is 189 Å². The molecule has 0 atom stereocenters. The third-order valence-corrected chi connectivity index (χ3v) is 6.22. The Kier molecular flexibility index (Phi) is 5.10. The second-order valence-corrected chi connectivity index (χ2v) is 8.38. The van der Waals surface area contributed by atoms with E-state index >= 15 is 0 Å². The first kappa shape index (κ1) is 19.9. The van der Waals surface area contributed by atoms with Crippen LogP contribution in [-0.2, 0) is 11.3 Å². The number of hydrogen-bond acceptors (Lipinski definition) is 4. The van der Waals surface area contributed by atoms with Crippen molar-refractivity contribution >= 4 is 45.6 Å². The van der Waals surface area contributed by atoms with Crippen molar-refractivity contribution in [2.24, 2.45) is 0 Å². The van der Waals surface area contributed by atoms with E-state index in [1.165, 1.54) is 4.90 Å². The highest BCUT2D eigenvalue weighted by molar-refractivity contribution is 8.19. The molecule has 1 fully saturated rings. The smallest absolute Gasteiger partial charge is 0.298 e. The molecule has 1 saturated heterocycles. The fourth-order valence-corrected chi connectivity index (χ4v) is 4.64. The van der Waals surface area contributed by atoms with Crippen LogP contribution in [0, 0.1) is 11.3 Å². The predicted molar refractivity (Wildman–Crippen MR) is 127 cm³/mol. The van der Waals surface area contributed by atoms with Crippen molar-refractivity contribution in [3.05, 3.63) is 107 Å². The summed E-state index contributed by atoms with van der Waals surface area (Å²) >= 11 is 0.956. The molecule has 4 aromatic rings. The standard InChI is InChI=1S/C26H17N3O2S/c27-15-18-10-12-19(13-11-18)16-28-17-20(22-8-4-5-9-23(22)28)14-24-25(30)29(26(31)32-24)21-6-2-1-3-7-21/h1-14,17H,16H2/b24-14-. The number of fused-ring (bicyclic) bond motifs is 1. The van der Waals surface area contributed by atoms with Crippen molar-refractivity contribution in [2.75, 3.05) is 4.90 Å². The fraction of sp³-hybridized carbons (Fsp3) is 0.0385. The van der Waals surface area contributed by atoms with E-state index < -0.39 is 0 Å². The zero-order valence-corrected chi connectivity index (χ0v) is 17.8. The van der Waals surface area contributed by atoms with Gasteiger partial charge in [0.2, 0.25) is 0 Å². The number of hydrogen-bond donors (Lipinski definition) is 0. The molecule has 2 heterocycles. The van der Waals surface area contributed by atoms with Gasteiger partial charge in [-0.05, 0) is 53.7 Å². The van der Waals surface area contributed by atoms with Crippen LogP contribution in [0.2, 0.25) is 0 Å². The van der Waals surface area contributed by atoms with Crippen molar-refractivity contribution in [1.82, 2.24) is 4.57 Å². The molecule has 0 spiro atoms. The van der Waals surface area contributed by atoms with Crippen LogP contribution in [0.4, 0.5) is 10.5 Å². The van der Waals surface area contributed by atoms with Gasteiger partial charge in [-0.3, -0.25) is 9.59 Å². The van der Waals surface area contributed by atoms with E-state index in [0.717, 1.165) is 33.8 Å². The third kappa shape index (κ3) is 3.59. The Bertz CT molecular complexity index is 1410. The number of nitriles is 1. The molecule has 1 aromatic heterocycles. The van der Waals surface area contributed by atoms with Crippen molar-refractivity contribution in [2.45, 2.75) is 6.54 Å². The normalized spacial score (nSPS) is 15.0. The average Bonchev–Trinajstić information content (AvgIpc) is 3.31. The largest absolute Gasteiger partial charge is 0.342 e. The minimum absolute atomic E-state index is 0.297. The minimum atomic E-state index is -0.310. The van der Waals surface area contributed by atoms with Crippen LogP contribution in [0.3, 0.4) is 0 Å². The number of imide groups is 1. The van der Waals surface area contributed by atoms with Crippen molar-refractivity contribution < 1.29 is 9.59 Å². The predicted octanol–water partition coefficient (Wildman–Crippen LogP) is 5.80. The number of thioether (sulfide) groups is 1. The van der Waals surface area contributed by atoms with Gasteiger partial charge in [0.05, 0.1) is 22.2 Å². The van der Waals surface area contributed by atoms with Crippen molar-refractivity contribution in [1.29, 1.82) is 5.26 Å². The van der Waals surface area contributed by atoms with Gasteiger partial charge in [-0.15, -0.1) is 0 Å². The van der Waals surface area contributed by atoms with Gasteiger partial charge in [0.15, 0.2) is 0 Å². The summed E-state index contributed by atoms with van der Waals surface area (Å²) in [5.41, 5.74) is 4.18. The SMILES string of the molecule is N#Cc1ccc(Cn2cc(/C=C3\SC(=O)N(c4ccccc4)C3=O)c3ccccc32)cc1. The highest BCUT2D eigenvalue weighted by Crippen LogP contribution is 2.36. The number of amides is 2. The van der Waals surface area contributed by atoms with Crippen LogP contribution in [0.5, 0.6) is 0 Å². The third-order valence-electron chi connectivity index (χ3n) is 5.35. The Morgan fingerprint density at radius 3 is 2.38 bits per heavy atom. The van der Waals surface area contributed by atoms with E-state index in [2.05, 4.69) is 10.6 Å². The second-order valence-electron chi connectivity index (χ2n) is 7.39. The maximum absolute atomic E-state index is 13.0. The van der Waals surface area contributed by atoms with E-state index in [9.17, 15) is 9.59 Å². The van der Waals surface area contributed by atoms with Crippen LogP contribution >= 0.6 is 11.8 Å². The summed E-state index contributed by atoms with van der Waals surface area (Å²) in [5.74, 6) is -0.310. The molecule has 0 N–H and O–H groups in total. The highest BCUT2D eigenvalue weighted by Gasteiger charge is 2.36. The first-order chi connectivity index (χ1) is 15.6. The molecular weight excluding hydrogens is 418 g/mol. The molecule has 1 aliphatic rings. The summed E-state index contributed by atoms with van der Waals surface area (Å²) in [5, 5.41) is 9.72. The van der Waals surface area contributed by atoms with E-state index in [0.29, 0.717) is 22.7 Å². The van der Waals surface area contributed by atoms with Gasteiger partial charge >= 0.3 is 0 Å². The average molecular weight is 436 g/mol. The number of carbonyl (C=O) groups is 2. The van der Waals surface area contributed by atoms with Gasteiger partial charge in [-0.25, -0.2) is 4.90 Å². The first-order valence-corrected chi connectivity index (χ1v) is 10.9. The maximum Gasteiger partial charge on any atom is 0.298 e. The van der Waals surface area contributed by atoms with E-state index in [1.54, 1.807) is 30.3 Å². The molecule has 0 saturated carbocycles. The molecule has 1 aliphatic heterocycles. The molecule has 0 radical (unpaired) electrons. The van der Waals surface area contributed by atoms with Gasteiger partial charge in [-0.2, -0.15) is 5.26 Å². The Hall–Kier alpha value is -4.08. The van der Waals surface area contributed by atoms with Crippen LogP contribution < -0.4 is 4.90 Å². The fourth-order valence-electron chi connectivity index (χ4n) is 3.81. The summed E-state index contributed by atoms with van der Waals surface area (Å²) in [6.45, 7) is 0.631. The Morgan fingerprint density at radius 1 is 0.906 bits per heavy atom. The maximum atomic E-state index is 13.0. The highest BCUT2D eigenvalue weighted by atomic mass is 32.2. The quantitative estimate of drug-likeness (QED) is 0.380. The molecular formula is C26H17N3O2S. The molecule has 5 rings (SSSR count). The molecule has 32 heavy (non-hydrogen) atoms. The molecule has 3 aromatic carbocycles. The van der Waals surface area contributed by atoms with Crippen molar-refractivity contribution in [3.63, 3.8) is 0 Å². The number of aromatic nitrogens is 1. The zero-order chi connectivity index (χ0) is 22.1. The number of rotatable bonds is 4. The van der Waals surface area contributed by atoms with Gasteiger partial charge in [0, 0.05) is 29.2 Å². The lowest BCUT2D eigenvalue weighted by atomic mass is 10.1. The minimum Gasteiger partial charge on any atom is -0.342 e. The summed E-state index contributed by atoms with van der Waals surface area (Å²) in [7, 11) is 0. The topological polar surface area (TPSA) is 66.1 Å². The molecule has 6 heteroatoms.